The summed E-state index contributed by atoms with van der Waals surface area (Å²) < 4.78 is 0. The number of allylic oxidation sites excluding steroid dienone is 2. The molecule has 0 bridgehead atoms. The molecule has 0 amide bonds. The quantitative estimate of drug-likeness (QED) is 0.701. The third kappa shape index (κ3) is 1.78. The molecule has 0 aromatic heterocycles. The Balaban J connectivity index is 1.97. The SMILES string of the molecule is c1ccc2c(c1)CSC1=C(CCCC1)N2. The van der Waals surface area contributed by atoms with Crippen LogP contribution in [0, 0.1) is 0 Å². The van der Waals surface area contributed by atoms with E-state index in [1.165, 1.54) is 42.6 Å². The molecule has 1 heterocycles. The summed E-state index contributed by atoms with van der Waals surface area (Å²) in [6.07, 6.45) is 5.22. The van der Waals surface area contributed by atoms with Gasteiger partial charge in [-0.05, 0) is 37.3 Å². The van der Waals surface area contributed by atoms with Crippen molar-refractivity contribution in [2.75, 3.05) is 5.32 Å². The molecule has 0 unspecified atom stereocenters. The van der Waals surface area contributed by atoms with Crippen LogP contribution in [0.4, 0.5) is 5.69 Å². The van der Waals surface area contributed by atoms with Gasteiger partial charge in [0.05, 0.1) is 0 Å². The smallest absolute Gasteiger partial charge is 0.0423 e. The van der Waals surface area contributed by atoms with Gasteiger partial charge in [0, 0.05) is 22.0 Å². The first-order valence-electron chi connectivity index (χ1n) is 5.63. The first-order valence-corrected chi connectivity index (χ1v) is 6.62. The van der Waals surface area contributed by atoms with Gasteiger partial charge >= 0.3 is 0 Å². The number of para-hydroxylation sites is 1. The largest absolute Gasteiger partial charge is 0.358 e. The number of anilines is 1. The van der Waals surface area contributed by atoms with Crippen LogP contribution in [0.5, 0.6) is 0 Å². The van der Waals surface area contributed by atoms with Gasteiger partial charge in [0.25, 0.3) is 0 Å². The third-order valence-corrected chi connectivity index (χ3v) is 4.38. The van der Waals surface area contributed by atoms with Crippen LogP contribution in [0.15, 0.2) is 34.9 Å². The molecule has 0 saturated heterocycles. The Labute approximate surface area is 95.0 Å². The van der Waals surface area contributed by atoms with Crippen molar-refractivity contribution >= 4 is 17.4 Å². The van der Waals surface area contributed by atoms with Gasteiger partial charge in [-0.3, -0.25) is 0 Å². The molecule has 0 radical (unpaired) electrons. The minimum Gasteiger partial charge on any atom is -0.358 e. The van der Waals surface area contributed by atoms with Crippen LogP contribution >= 0.6 is 11.8 Å². The van der Waals surface area contributed by atoms with E-state index in [2.05, 4.69) is 29.6 Å². The van der Waals surface area contributed by atoms with Crippen molar-refractivity contribution < 1.29 is 0 Å². The lowest BCUT2D eigenvalue weighted by atomic mass is 10.0. The summed E-state index contributed by atoms with van der Waals surface area (Å²) in [6, 6.07) is 8.67. The second-order valence-corrected chi connectivity index (χ2v) is 5.25. The molecule has 0 spiro atoms. The fourth-order valence-corrected chi connectivity index (χ4v) is 3.46. The normalized spacial score (nSPS) is 20.0. The molecular formula is C13H15NS. The van der Waals surface area contributed by atoms with Crippen LogP contribution in [0.3, 0.4) is 0 Å². The lowest BCUT2D eigenvalue weighted by molar-refractivity contribution is 0.697. The van der Waals surface area contributed by atoms with Crippen LogP contribution < -0.4 is 5.32 Å². The van der Waals surface area contributed by atoms with Crippen molar-refractivity contribution in [2.45, 2.75) is 31.4 Å². The van der Waals surface area contributed by atoms with E-state index in [0.717, 1.165) is 5.75 Å². The van der Waals surface area contributed by atoms with Gasteiger partial charge in [0.2, 0.25) is 0 Å². The summed E-state index contributed by atoms with van der Waals surface area (Å²) in [7, 11) is 0. The Morgan fingerprint density at radius 2 is 1.93 bits per heavy atom. The summed E-state index contributed by atoms with van der Waals surface area (Å²) >= 11 is 2.03. The molecule has 1 aromatic rings. The number of nitrogens with one attached hydrogen (secondary N) is 1. The van der Waals surface area contributed by atoms with Crippen LogP contribution in [-0.4, -0.2) is 0 Å². The molecule has 0 fully saturated rings. The average Bonchev–Trinajstić information content (AvgIpc) is 2.48. The highest BCUT2D eigenvalue weighted by molar-refractivity contribution is 8.02. The summed E-state index contributed by atoms with van der Waals surface area (Å²) in [4.78, 5) is 1.59. The Hall–Kier alpha value is -0.890. The second-order valence-electron chi connectivity index (χ2n) is 4.18. The topological polar surface area (TPSA) is 12.0 Å². The summed E-state index contributed by atoms with van der Waals surface area (Å²) in [5.74, 6) is 1.13. The summed E-state index contributed by atoms with van der Waals surface area (Å²) in [5.41, 5.74) is 4.24. The average molecular weight is 217 g/mol. The summed E-state index contributed by atoms with van der Waals surface area (Å²) in [5, 5.41) is 3.62. The minimum atomic E-state index is 1.13. The van der Waals surface area contributed by atoms with Gasteiger partial charge in [-0.15, -0.1) is 11.8 Å². The van der Waals surface area contributed by atoms with E-state index < -0.39 is 0 Å². The highest BCUT2D eigenvalue weighted by Crippen LogP contribution is 2.39. The zero-order valence-electron chi connectivity index (χ0n) is 8.75. The molecule has 1 aliphatic carbocycles. The number of thioether (sulfide) groups is 1. The van der Waals surface area contributed by atoms with Gasteiger partial charge in [-0.1, -0.05) is 18.2 Å². The zero-order chi connectivity index (χ0) is 10.1. The fourth-order valence-electron chi connectivity index (χ4n) is 2.26. The third-order valence-electron chi connectivity index (χ3n) is 3.12. The van der Waals surface area contributed by atoms with Crippen LogP contribution in [-0.2, 0) is 5.75 Å². The zero-order valence-corrected chi connectivity index (χ0v) is 9.57. The molecule has 78 valence electrons. The number of benzene rings is 1. The van der Waals surface area contributed by atoms with Crippen molar-refractivity contribution in [3.05, 3.63) is 40.4 Å². The van der Waals surface area contributed by atoms with E-state index >= 15 is 0 Å². The molecule has 2 aliphatic rings. The molecule has 1 nitrogen and oxygen atoms in total. The van der Waals surface area contributed by atoms with Gasteiger partial charge < -0.3 is 5.32 Å². The Morgan fingerprint density at radius 3 is 2.93 bits per heavy atom. The predicted molar refractivity (Wildman–Crippen MR) is 66.9 cm³/mol. The minimum absolute atomic E-state index is 1.13. The van der Waals surface area contributed by atoms with E-state index in [0.29, 0.717) is 0 Å². The monoisotopic (exact) mass is 217 g/mol. The molecule has 2 heteroatoms. The highest BCUT2D eigenvalue weighted by Gasteiger charge is 2.17. The van der Waals surface area contributed by atoms with E-state index in [-0.39, 0.29) is 0 Å². The van der Waals surface area contributed by atoms with Crippen molar-refractivity contribution in [1.29, 1.82) is 0 Å². The van der Waals surface area contributed by atoms with Crippen molar-refractivity contribution in [2.24, 2.45) is 0 Å². The molecule has 3 rings (SSSR count). The van der Waals surface area contributed by atoms with E-state index in [4.69, 9.17) is 0 Å². The highest BCUT2D eigenvalue weighted by atomic mass is 32.2. The second kappa shape index (κ2) is 3.93. The van der Waals surface area contributed by atoms with E-state index in [1.807, 2.05) is 11.8 Å². The molecule has 15 heavy (non-hydrogen) atoms. The lowest BCUT2D eigenvalue weighted by Gasteiger charge is -2.18. The standard InChI is InChI=1S/C13H15NS/c1-2-6-11-10(5-1)9-15-13-8-4-3-7-12(13)14-11/h1-2,5-6,14H,3-4,7-9H2. The van der Waals surface area contributed by atoms with Crippen molar-refractivity contribution in [1.82, 2.24) is 0 Å². The van der Waals surface area contributed by atoms with E-state index in [9.17, 15) is 0 Å². The molecular weight excluding hydrogens is 202 g/mol. The maximum atomic E-state index is 3.62. The van der Waals surface area contributed by atoms with Crippen LogP contribution in [0.1, 0.15) is 31.2 Å². The Bertz CT molecular complexity index is 409. The first-order chi connectivity index (χ1) is 7.43. The summed E-state index contributed by atoms with van der Waals surface area (Å²) in [6.45, 7) is 0. The maximum Gasteiger partial charge on any atom is 0.0423 e. The molecule has 1 aromatic carbocycles. The Morgan fingerprint density at radius 1 is 1.07 bits per heavy atom. The maximum absolute atomic E-state index is 3.62. The van der Waals surface area contributed by atoms with Crippen molar-refractivity contribution in [3.63, 3.8) is 0 Å². The number of hydrogen-bond donors (Lipinski definition) is 1. The van der Waals surface area contributed by atoms with Crippen LogP contribution in [0.25, 0.3) is 0 Å². The van der Waals surface area contributed by atoms with E-state index in [1.54, 1.807) is 4.91 Å². The number of hydrogen-bond acceptors (Lipinski definition) is 2. The van der Waals surface area contributed by atoms with Gasteiger partial charge in [-0.25, -0.2) is 0 Å². The molecule has 1 aliphatic heterocycles. The van der Waals surface area contributed by atoms with Crippen LogP contribution in [0.2, 0.25) is 0 Å². The molecule has 0 atom stereocenters. The molecule has 0 saturated carbocycles. The fraction of sp³-hybridized carbons (Fsp3) is 0.385. The van der Waals surface area contributed by atoms with Gasteiger partial charge in [0.1, 0.15) is 0 Å². The van der Waals surface area contributed by atoms with Gasteiger partial charge in [-0.2, -0.15) is 0 Å². The number of rotatable bonds is 0. The van der Waals surface area contributed by atoms with Gasteiger partial charge in [0.15, 0.2) is 0 Å². The predicted octanol–water partition coefficient (Wildman–Crippen LogP) is 4.13. The first kappa shape index (κ1) is 9.34. The lowest BCUT2D eigenvalue weighted by Crippen LogP contribution is -2.05. The van der Waals surface area contributed by atoms with Crippen molar-refractivity contribution in [3.8, 4) is 0 Å². The molecule has 1 N–H and O–H groups in total. The number of fused-ring (bicyclic) bond motifs is 1. The Kier molecular flexibility index (Phi) is 2.45.